The van der Waals surface area contributed by atoms with Crippen LogP contribution in [0.25, 0.3) is 0 Å². The number of nitrogens with one attached hydrogen (secondary N) is 1. The third-order valence-corrected chi connectivity index (χ3v) is 6.94. The van der Waals surface area contributed by atoms with E-state index in [-0.39, 0.29) is 41.5 Å². The van der Waals surface area contributed by atoms with Crippen LogP contribution in [-0.4, -0.2) is 66.3 Å². The van der Waals surface area contributed by atoms with Crippen LogP contribution in [0.4, 0.5) is 10.5 Å². The van der Waals surface area contributed by atoms with Crippen LogP contribution in [0.2, 0.25) is 0 Å². The van der Waals surface area contributed by atoms with E-state index in [0.29, 0.717) is 17.9 Å². The van der Waals surface area contributed by atoms with Gasteiger partial charge in [0.05, 0.1) is 35.0 Å². The minimum Gasteiger partial charge on any atom is -0.449 e. The van der Waals surface area contributed by atoms with E-state index in [1.54, 1.807) is 31.2 Å². The van der Waals surface area contributed by atoms with Gasteiger partial charge in [0.1, 0.15) is 6.61 Å². The Morgan fingerprint density at radius 3 is 2.71 bits per heavy atom. The number of hydrogen-bond donors (Lipinski definition) is 3. The fourth-order valence-electron chi connectivity index (χ4n) is 5.19. The van der Waals surface area contributed by atoms with Gasteiger partial charge in [-0.3, -0.25) is 9.59 Å². The maximum Gasteiger partial charge on any atom is 0.404 e. The van der Waals surface area contributed by atoms with Crippen molar-refractivity contribution in [1.29, 1.82) is 0 Å². The zero-order valence-corrected chi connectivity index (χ0v) is 17.9. The molecule has 1 aromatic rings. The lowest BCUT2D eigenvalue weighted by Crippen LogP contribution is -2.55. The van der Waals surface area contributed by atoms with Gasteiger partial charge < -0.3 is 25.4 Å². The first-order chi connectivity index (χ1) is 14.8. The van der Waals surface area contributed by atoms with Crippen molar-refractivity contribution in [3.05, 3.63) is 35.5 Å². The molecule has 5 atom stereocenters. The third-order valence-electron chi connectivity index (χ3n) is 6.64. The van der Waals surface area contributed by atoms with Crippen LogP contribution in [0, 0.1) is 11.8 Å². The van der Waals surface area contributed by atoms with Crippen molar-refractivity contribution in [2.75, 3.05) is 20.3 Å². The van der Waals surface area contributed by atoms with Crippen LogP contribution >= 0.6 is 12.6 Å². The lowest BCUT2D eigenvalue weighted by atomic mass is 9.78. The molecule has 3 N–H and O–H groups in total. The Labute approximate surface area is 184 Å². The molecule has 0 bridgehead atoms. The molecule has 5 unspecified atom stereocenters. The average molecular weight is 442 g/mol. The number of carbonyl (C=O) groups is 3. The Bertz CT molecular complexity index is 1070. The highest BCUT2D eigenvalue weighted by atomic mass is 32.1. The van der Waals surface area contributed by atoms with E-state index in [1.807, 2.05) is 4.90 Å². The number of benzene rings is 1. The molecule has 0 spiro atoms. The fraction of sp³-hybridized carbons (Fsp3) is 0.429. The Kier molecular flexibility index (Phi) is 4.51. The molecule has 0 saturated carbocycles. The highest BCUT2D eigenvalue weighted by Gasteiger charge is 2.73. The van der Waals surface area contributed by atoms with Crippen molar-refractivity contribution in [1.82, 2.24) is 10.2 Å². The number of amides is 1. The van der Waals surface area contributed by atoms with E-state index in [0.717, 1.165) is 4.90 Å². The molecular weight excluding hydrogens is 420 g/mol. The summed E-state index contributed by atoms with van der Waals surface area (Å²) in [4.78, 5) is 45.6. The Balaban J connectivity index is 1.62. The molecule has 10 heteroatoms. The first-order valence-corrected chi connectivity index (χ1v) is 10.5. The highest BCUT2D eigenvalue weighted by molar-refractivity contribution is 7.80. The number of hydrogen-bond acceptors (Lipinski definition) is 9. The molecule has 3 aliphatic heterocycles. The van der Waals surface area contributed by atoms with Gasteiger partial charge in [-0.2, -0.15) is 0 Å². The lowest BCUT2D eigenvalue weighted by Gasteiger charge is -2.39. The number of aliphatic imine (C=N–C) groups is 1. The molecule has 2 fully saturated rings. The zero-order valence-electron chi connectivity index (χ0n) is 17.0. The molecule has 4 aliphatic rings. The summed E-state index contributed by atoms with van der Waals surface area (Å²) < 4.78 is 11.1. The van der Waals surface area contributed by atoms with Gasteiger partial charge in [0.15, 0.2) is 11.5 Å². The number of fused-ring (bicyclic) bond motifs is 4. The van der Waals surface area contributed by atoms with Crippen molar-refractivity contribution < 1.29 is 23.9 Å². The SMILES string of the molecule is COC12C(COC(N)=O)C3=C(C(=O)C(C)C(=Nc4ccc(S)cc4)C3=O)N1CC1NC12. The largest absolute Gasteiger partial charge is 0.449 e. The van der Waals surface area contributed by atoms with Gasteiger partial charge in [-0.1, -0.05) is 0 Å². The predicted molar refractivity (Wildman–Crippen MR) is 113 cm³/mol. The molecule has 9 nitrogen and oxygen atoms in total. The summed E-state index contributed by atoms with van der Waals surface area (Å²) in [5.41, 5.74) is 5.55. The van der Waals surface area contributed by atoms with Crippen molar-refractivity contribution in [3.8, 4) is 0 Å². The van der Waals surface area contributed by atoms with Gasteiger partial charge in [-0.05, 0) is 31.2 Å². The third kappa shape index (κ3) is 2.78. The maximum absolute atomic E-state index is 13.7. The first kappa shape index (κ1) is 20.2. The topological polar surface area (TPSA) is 133 Å². The van der Waals surface area contributed by atoms with E-state index in [9.17, 15) is 14.4 Å². The minimum atomic E-state index is -0.987. The second-order valence-electron chi connectivity index (χ2n) is 8.19. The Hall–Kier alpha value is -2.69. The maximum atomic E-state index is 13.7. The van der Waals surface area contributed by atoms with E-state index >= 15 is 0 Å². The number of primary amides is 1. The standard InChI is InChI=1S/C21H22N4O5S/c1-9-15(23-10-3-5-11(31)6-4-10)18(27)14-12(8-30-20(22)28)21(29-2)19-13(24-19)7-25(21)16(14)17(9)26/h3-6,9,12-13,19,24,31H,7-8H2,1-2H3,(H2,22,28). The molecule has 1 amide bonds. The summed E-state index contributed by atoms with van der Waals surface area (Å²) in [6.07, 6.45) is -0.950. The number of nitrogens with zero attached hydrogens (tertiary/aromatic N) is 2. The quantitative estimate of drug-likeness (QED) is 0.464. The van der Waals surface area contributed by atoms with E-state index < -0.39 is 23.7 Å². The molecule has 0 radical (unpaired) electrons. The minimum absolute atomic E-state index is 0.0798. The smallest absolute Gasteiger partial charge is 0.404 e. The van der Waals surface area contributed by atoms with Crippen molar-refractivity contribution in [2.24, 2.45) is 22.6 Å². The molecule has 1 aromatic carbocycles. The highest BCUT2D eigenvalue weighted by Crippen LogP contribution is 2.55. The number of piperazine rings is 1. The number of Topliss-reactive ketones (excluding diaryl/α,β-unsaturated/α-hetero) is 2. The summed E-state index contributed by atoms with van der Waals surface area (Å²) in [6, 6.07) is 7.07. The molecular formula is C21H22N4O5S. The van der Waals surface area contributed by atoms with Crippen LogP contribution in [0.3, 0.4) is 0 Å². The zero-order chi connectivity index (χ0) is 22.1. The number of ketones is 2. The van der Waals surface area contributed by atoms with Gasteiger partial charge in [0.2, 0.25) is 5.78 Å². The Morgan fingerprint density at radius 1 is 1.35 bits per heavy atom. The van der Waals surface area contributed by atoms with Crippen LogP contribution in [0.1, 0.15) is 6.92 Å². The number of nitrogens with two attached hydrogens (primary N) is 1. The fourth-order valence-corrected chi connectivity index (χ4v) is 5.34. The number of rotatable bonds is 4. The van der Waals surface area contributed by atoms with Gasteiger partial charge in [0.25, 0.3) is 0 Å². The van der Waals surface area contributed by atoms with Crippen molar-refractivity contribution in [2.45, 2.75) is 29.6 Å². The molecule has 0 aromatic heterocycles. The van der Waals surface area contributed by atoms with E-state index in [4.69, 9.17) is 15.2 Å². The van der Waals surface area contributed by atoms with E-state index in [1.165, 1.54) is 7.11 Å². The molecule has 3 heterocycles. The number of methoxy groups -OCH3 is 1. The Morgan fingerprint density at radius 2 is 2.06 bits per heavy atom. The second-order valence-corrected chi connectivity index (χ2v) is 8.71. The number of thiol groups is 1. The van der Waals surface area contributed by atoms with Gasteiger partial charge >= 0.3 is 6.09 Å². The van der Waals surface area contributed by atoms with E-state index in [2.05, 4.69) is 22.9 Å². The summed E-state index contributed by atoms with van der Waals surface area (Å²) in [6.45, 7) is 2.05. The monoisotopic (exact) mass is 442 g/mol. The van der Waals surface area contributed by atoms with Crippen LogP contribution < -0.4 is 11.1 Å². The molecule has 31 heavy (non-hydrogen) atoms. The lowest BCUT2D eigenvalue weighted by molar-refractivity contribution is -0.138. The average Bonchev–Trinajstić information content (AvgIpc) is 3.35. The molecule has 162 valence electrons. The summed E-state index contributed by atoms with van der Waals surface area (Å²) in [5, 5.41) is 3.33. The number of allylic oxidation sites excluding steroid dienone is 1. The summed E-state index contributed by atoms with van der Waals surface area (Å²) in [5.74, 6) is -1.90. The molecule has 5 rings (SSSR count). The number of carbonyl (C=O) groups excluding carboxylic acids is 3. The predicted octanol–water partition coefficient (Wildman–Crippen LogP) is 0.814. The summed E-state index contributed by atoms with van der Waals surface area (Å²) in [7, 11) is 1.54. The summed E-state index contributed by atoms with van der Waals surface area (Å²) >= 11 is 4.26. The van der Waals surface area contributed by atoms with Crippen LogP contribution in [0.5, 0.6) is 0 Å². The van der Waals surface area contributed by atoms with Gasteiger partial charge in [-0.25, -0.2) is 9.79 Å². The van der Waals surface area contributed by atoms with Crippen molar-refractivity contribution in [3.63, 3.8) is 0 Å². The number of ether oxygens (including phenoxy) is 2. The van der Waals surface area contributed by atoms with Crippen LogP contribution in [-0.2, 0) is 19.1 Å². The normalized spacial score (nSPS) is 34.7. The second kappa shape index (κ2) is 6.91. The van der Waals surface area contributed by atoms with Crippen LogP contribution in [0.15, 0.2) is 45.4 Å². The van der Waals surface area contributed by atoms with Gasteiger partial charge in [0, 0.05) is 30.2 Å². The molecule has 1 aliphatic carbocycles. The first-order valence-electron chi connectivity index (χ1n) is 10.0. The van der Waals surface area contributed by atoms with Gasteiger partial charge in [-0.15, -0.1) is 12.6 Å². The van der Waals surface area contributed by atoms with Crippen molar-refractivity contribution >= 4 is 41.7 Å². The molecule has 2 saturated heterocycles.